The summed E-state index contributed by atoms with van der Waals surface area (Å²) in [5, 5.41) is 5.67. The fraction of sp³-hybridized carbons (Fsp3) is 0.562. The van der Waals surface area contributed by atoms with Crippen LogP contribution in [0.1, 0.15) is 20.3 Å². The van der Waals surface area contributed by atoms with Gasteiger partial charge in [0.2, 0.25) is 0 Å². The van der Waals surface area contributed by atoms with Gasteiger partial charge in [-0.25, -0.2) is 0 Å². The van der Waals surface area contributed by atoms with E-state index < -0.39 is 12.6 Å². The lowest BCUT2D eigenvalue weighted by molar-refractivity contribution is -0.132. The number of halogens is 4. The van der Waals surface area contributed by atoms with E-state index in [2.05, 4.69) is 20.5 Å². The van der Waals surface area contributed by atoms with Crippen LogP contribution in [0.25, 0.3) is 0 Å². The van der Waals surface area contributed by atoms with Crippen molar-refractivity contribution in [3.8, 4) is 0 Å². The lowest BCUT2D eigenvalue weighted by atomic mass is 10.2. The quantitative estimate of drug-likeness (QED) is 0.373. The number of rotatable bonds is 7. The highest BCUT2D eigenvalue weighted by Crippen LogP contribution is 2.18. The van der Waals surface area contributed by atoms with Crippen LogP contribution < -0.4 is 15.5 Å². The molecule has 138 valence electrons. The highest BCUT2D eigenvalue weighted by molar-refractivity contribution is 14.0. The molecule has 1 rings (SSSR count). The predicted octanol–water partition coefficient (Wildman–Crippen LogP) is 3.64. The zero-order valence-corrected chi connectivity index (χ0v) is 16.6. The molecule has 4 nitrogen and oxygen atoms in total. The van der Waals surface area contributed by atoms with Gasteiger partial charge in [-0.05, 0) is 26.0 Å². The van der Waals surface area contributed by atoms with Gasteiger partial charge in [-0.3, -0.25) is 4.99 Å². The fourth-order valence-electron chi connectivity index (χ4n) is 1.93. The number of alkyl halides is 3. The summed E-state index contributed by atoms with van der Waals surface area (Å²) in [4.78, 5) is 6.45. The van der Waals surface area contributed by atoms with Crippen molar-refractivity contribution in [1.29, 1.82) is 0 Å². The largest absolute Gasteiger partial charge is 0.390 e. The molecule has 0 aliphatic rings. The summed E-state index contributed by atoms with van der Waals surface area (Å²) >= 11 is 0. The van der Waals surface area contributed by atoms with Crippen LogP contribution in [-0.4, -0.2) is 44.9 Å². The van der Waals surface area contributed by atoms with Crippen molar-refractivity contribution in [2.45, 2.75) is 32.5 Å². The molecule has 1 aromatic rings. The summed E-state index contributed by atoms with van der Waals surface area (Å²) in [6.45, 7) is 4.79. The van der Waals surface area contributed by atoms with E-state index in [0.717, 1.165) is 5.69 Å². The molecule has 0 aromatic heterocycles. The minimum absolute atomic E-state index is 0. The van der Waals surface area contributed by atoms with Gasteiger partial charge >= 0.3 is 6.18 Å². The third kappa shape index (κ3) is 9.19. The van der Waals surface area contributed by atoms with Gasteiger partial charge in [0.05, 0.1) is 13.0 Å². The molecule has 0 aliphatic carbocycles. The summed E-state index contributed by atoms with van der Waals surface area (Å²) in [6.07, 6.45) is -5.04. The van der Waals surface area contributed by atoms with E-state index in [1.165, 1.54) is 0 Å². The Morgan fingerprint density at radius 2 is 1.83 bits per heavy atom. The van der Waals surface area contributed by atoms with Crippen LogP contribution in [0.5, 0.6) is 0 Å². The smallest absolute Gasteiger partial charge is 0.370 e. The first-order chi connectivity index (χ1) is 10.8. The van der Waals surface area contributed by atoms with Crippen LogP contribution in [0.2, 0.25) is 0 Å². The molecule has 1 atom stereocenters. The van der Waals surface area contributed by atoms with Crippen molar-refractivity contribution in [2.75, 3.05) is 31.6 Å². The second kappa shape index (κ2) is 11.4. The Labute approximate surface area is 158 Å². The van der Waals surface area contributed by atoms with Crippen LogP contribution >= 0.6 is 24.0 Å². The molecule has 0 fully saturated rings. The first-order valence-electron chi connectivity index (χ1n) is 7.70. The maximum Gasteiger partial charge on any atom is 0.390 e. The summed E-state index contributed by atoms with van der Waals surface area (Å²) in [6, 6.07) is 10.0. The molecule has 0 bridgehead atoms. The van der Waals surface area contributed by atoms with Crippen molar-refractivity contribution in [3.05, 3.63) is 30.3 Å². The highest BCUT2D eigenvalue weighted by Gasteiger charge is 2.26. The van der Waals surface area contributed by atoms with E-state index in [1.54, 1.807) is 0 Å². The second-order valence-electron chi connectivity index (χ2n) is 5.31. The molecule has 0 aliphatic heterocycles. The van der Waals surface area contributed by atoms with E-state index in [9.17, 15) is 13.2 Å². The monoisotopic (exact) mass is 458 g/mol. The van der Waals surface area contributed by atoms with Crippen molar-refractivity contribution < 1.29 is 13.2 Å². The number of hydrogen-bond acceptors (Lipinski definition) is 2. The zero-order chi connectivity index (χ0) is 17.3. The topological polar surface area (TPSA) is 39.7 Å². The van der Waals surface area contributed by atoms with Gasteiger partial charge < -0.3 is 15.5 Å². The minimum atomic E-state index is -4.16. The third-order valence-electron chi connectivity index (χ3n) is 3.38. The van der Waals surface area contributed by atoms with E-state index in [-0.39, 0.29) is 36.6 Å². The molecule has 8 heteroatoms. The molecule has 0 saturated heterocycles. The summed E-state index contributed by atoms with van der Waals surface area (Å²) in [5.74, 6) is 0.407. The Morgan fingerprint density at radius 1 is 1.21 bits per heavy atom. The molecule has 0 heterocycles. The Bertz CT molecular complexity index is 480. The Kier molecular flexibility index (Phi) is 10.8. The summed E-state index contributed by atoms with van der Waals surface area (Å²) in [5.41, 5.74) is 1.07. The van der Waals surface area contributed by atoms with Gasteiger partial charge in [-0.2, -0.15) is 13.2 Å². The number of benzene rings is 1. The molecule has 0 saturated carbocycles. The Hall–Kier alpha value is -1.19. The van der Waals surface area contributed by atoms with E-state index in [0.29, 0.717) is 19.0 Å². The molecule has 0 spiro atoms. The SMILES string of the molecule is CCNC(=NCC(C)N(C)c1ccccc1)NCCC(F)(F)F.I. The van der Waals surface area contributed by atoms with Crippen LogP contribution in [0, 0.1) is 0 Å². The molecule has 2 N–H and O–H groups in total. The van der Waals surface area contributed by atoms with Crippen molar-refractivity contribution >= 4 is 35.6 Å². The van der Waals surface area contributed by atoms with E-state index >= 15 is 0 Å². The van der Waals surface area contributed by atoms with Crippen LogP contribution in [0.15, 0.2) is 35.3 Å². The number of anilines is 1. The number of hydrogen-bond donors (Lipinski definition) is 2. The summed E-state index contributed by atoms with van der Waals surface area (Å²) in [7, 11) is 1.97. The molecule has 1 aromatic carbocycles. The van der Waals surface area contributed by atoms with Gasteiger partial charge in [0.25, 0.3) is 0 Å². The van der Waals surface area contributed by atoms with E-state index in [4.69, 9.17) is 0 Å². The van der Waals surface area contributed by atoms with Crippen LogP contribution in [0.4, 0.5) is 18.9 Å². The molecule has 0 radical (unpaired) electrons. The maximum atomic E-state index is 12.2. The average Bonchev–Trinajstić information content (AvgIpc) is 2.51. The van der Waals surface area contributed by atoms with Gasteiger partial charge in [0, 0.05) is 31.9 Å². The van der Waals surface area contributed by atoms with Crippen LogP contribution in [-0.2, 0) is 0 Å². The third-order valence-corrected chi connectivity index (χ3v) is 3.38. The van der Waals surface area contributed by atoms with Gasteiger partial charge in [0.1, 0.15) is 0 Å². The van der Waals surface area contributed by atoms with Crippen molar-refractivity contribution in [2.24, 2.45) is 4.99 Å². The number of nitrogens with one attached hydrogen (secondary N) is 2. The molecular formula is C16H26F3IN4. The number of para-hydroxylation sites is 1. The van der Waals surface area contributed by atoms with Gasteiger partial charge in [-0.15, -0.1) is 24.0 Å². The Balaban J connectivity index is 0.00000529. The average molecular weight is 458 g/mol. The lowest BCUT2D eigenvalue weighted by Gasteiger charge is -2.26. The normalized spacial score (nSPS) is 13.0. The number of nitrogens with zero attached hydrogens (tertiary/aromatic N) is 2. The highest BCUT2D eigenvalue weighted by atomic mass is 127. The molecule has 1 unspecified atom stereocenters. The lowest BCUT2D eigenvalue weighted by Crippen LogP contribution is -2.40. The number of likely N-dealkylation sites (N-methyl/N-ethyl adjacent to an activating group) is 1. The minimum Gasteiger partial charge on any atom is -0.370 e. The first-order valence-corrected chi connectivity index (χ1v) is 7.70. The van der Waals surface area contributed by atoms with E-state index in [1.807, 2.05) is 51.2 Å². The molecule has 0 amide bonds. The van der Waals surface area contributed by atoms with Crippen molar-refractivity contribution in [3.63, 3.8) is 0 Å². The maximum absolute atomic E-state index is 12.2. The first kappa shape index (κ1) is 22.8. The zero-order valence-electron chi connectivity index (χ0n) is 14.2. The van der Waals surface area contributed by atoms with Crippen molar-refractivity contribution in [1.82, 2.24) is 10.6 Å². The molecule has 24 heavy (non-hydrogen) atoms. The van der Waals surface area contributed by atoms with Gasteiger partial charge in [0.15, 0.2) is 5.96 Å². The predicted molar refractivity (Wildman–Crippen MR) is 104 cm³/mol. The number of aliphatic imine (C=N–C) groups is 1. The fourth-order valence-corrected chi connectivity index (χ4v) is 1.93. The van der Waals surface area contributed by atoms with Gasteiger partial charge in [-0.1, -0.05) is 18.2 Å². The standard InChI is InChI=1S/C16H25F3N4.HI/c1-4-20-15(21-11-10-16(17,18)19)22-12-13(2)23(3)14-8-6-5-7-9-14;/h5-9,13H,4,10-12H2,1-3H3,(H2,20,21,22);1H. The molecular weight excluding hydrogens is 432 g/mol. The second-order valence-corrected chi connectivity index (χ2v) is 5.31. The Morgan fingerprint density at radius 3 is 2.38 bits per heavy atom. The summed E-state index contributed by atoms with van der Waals surface area (Å²) < 4.78 is 36.6. The number of guanidine groups is 1. The van der Waals surface area contributed by atoms with Crippen LogP contribution in [0.3, 0.4) is 0 Å².